The third-order valence-corrected chi connectivity index (χ3v) is 5.13. The molecule has 0 radical (unpaired) electrons. The summed E-state index contributed by atoms with van der Waals surface area (Å²) in [6.07, 6.45) is 2.90. The van der Waals surface area contributed by atoms with E-state index in [1.54, 1.807) is 0 Å². The zero-order valence-electron chi connectivity index (χ0n) is 15.4. The first-order chi connectivity index (χ1) is 12.1. The molecule has 1 aromatic heterocycles. The maximum atomic E-state index is 9.55. The van der Waals surface area contributed by atoms with Gasteiger partial charge in [0.25, 0.3) is 0 Å². The van der Waals surface area contributed by atoms with Gasteiger partial charge in [-0.1, -0.05) is 18.2 Å². The van der Waals surface area contributed by atoms with Crippen LogP contribution in [0.3, 0.4) is 0 Å². The number of nitrogens with zero attached hydrogens (tertiary/aromatic N) is 3. The molecule has 5 heteroatoms. The molecule has 136 valence electrons. The Hall–Kier alpha value is -1.69. The molecule has 0 spiro atoms. The number of aliphatic hydroxyl groups is 1. The van der Waals surface area contributed by atoms with Crippen LogP contribution in [0, 0.1) is 13.8 Å². The van der Waals surface area contributed by atoms with Gasteiger partial charge in [-0.15, -0.1) is 0 Å². The van der Waals surface area contributed by atoms with E-state index in [0.717, 1.165) is 63.4 Å². The van der Waals surface area contributed by atoms with Crippen LogP contribution in [-0.2, 0) is 6.54 Å². The lowest BCUT2D eigenvalue weighted by Gasteiger charge is -2.29. The number of piperidine rings is 1. The normalized spacial score (nSPS) is 16.4. The van der Waals surface area contributed by atoms with Gasteiger partial charge >= 0.3 is 0 Å². The largest absolute Gasteiger partial charge is 0.393 e. The molecule has 2 N–H and O–H groups in total. The average Bonchev–Trinajstić information content (AvgIpc) is 2.92. The molecule has 1 aliphatic rings. The molecule has 1 aliphatic heterocycles. The summed E-state index contributed by atoms with van der Waals surface area (Å²) >= 11 is 0. The van der Waals surface area contributed by atoms with Crippen molar-refractivity contribution in [3.63, 3.8) is 0 Å². The minimum Gasteiger partial charge on any atom is -0.393 e. The highest BCUT2D eigenvalue weighted by Gasteiger charge is 2.16. The van der Waals surface area contributed by atoms with E-state index in [0.29, 0.717) is 0 Å². The predicted octanol–water partition coefficient (Wildman–Crippen LogP) is 2.43. The fourth-order valence-electron chi connectivity index (χ4n) is 3.54. The summed E-state index contributed by atoms with van der Waals surface area (Å²) in [5.41, 5.74) is 4.71. The van der Waals surface area contributed by atoms with Crippen molar-refractivity contribution in [3.8, 4) is 5.69 Å². The van der Waals surface area contributed by atoms with Gasteiger partial charge in [0.05, 0.1) is 17.5 Å². The first-order valence-electron chi connectivity index (χ1n) is 9.37. The Morgan fingerprint density at radius 2 is 1.88 bits per heavy atom. The van der Waals surface area contributed by atoms with Crippen LogP contribution in [-0.4, -0.2) is 52.1 Å². The van der Waals surface area contributed by atoms with Crippen molar-refractivity contribution in [3.05, 3.63) is 47.3 Å². The smallest absolute Gasteiger partial charge is 0.0648 e. The number of benzene rings is 1. The average molecular weight is 342 g/mol. The van der Waals surface area contributed by atoms with Gasteiger partial charge in [0.15, 0.2) is 0 Å². The van der Waals surface area contributed by atoms with Crippen molar-refractivity contribution < 1.29 is 5.11 Å². The second kappa shape index (κ2) is 8.61. The molecule has 0 bridgehead atoms. The predicted molar refractivity (Wildman–Crippen MR) is 101 cm³/mol. The fourth-order valence-corrected chi connectivity index (χ4v) is 3.54. The van der Waals surface area contributed by atoms with Crippen LogP contribution < -0.4 is 5.32 Å². The van der Waals surface area contributed by atoms with E-state index in [9.17, 15) is 5.11 Å². The van der Waals surface area contributed by atoms with Crippen LogP contribution >= 0.6 is 0 Å². The summed E-state index contributed by atoms with van der Waals surface area (Å²) in [4.78, 5) is 2.46. The molecule has 2 aromatic rings. The summed E-state index contributed by atoms with van der Waals surface area (Å²) in [6.45, 7) is 9.27. The summed E-state index contributed by atoms with van der Waals surface area (Å²) in [6, 6.07) is 10.3. The molecule has 1 aromatic carbocycles. The summed E-state index contributed by atoms with van der Waals surface area (Å²) < 4.78 is 2.03. The molecule has 0 aliphatic carbocycles. The van der Waals surface area contributed by atoms with E-state index in [2.05, 4.69) is 36.2 Å². The highest BCUT2D eigenvalue weighted by molar-refractivity contribution is 5.36. The number of likely N-dealkylation sites (tertiary alicyclic amines) is 1. The van der Waals surface area contributed by atoms with Crippen molar-refractivity contribution in [2.45, 2.75) is 45.8 Å². The first-order valence-corrected chi connectivity index (χ1v) is 9.37. The molecule has 1 saturated heterocycles. The van der Waals surface area contributed by atoms with Crippen LogP contribution in [0.1, 0.15) is 36.2 Å². The third-order valence-electron chi connectivity index (χ3n) is 5.13. The maximum absolute atomic E-state index is 9.55. The van der Waals surface area contributed by atoms with Crippen LogP contribution in [0.5, 0.6) is 0 Å². The molecule has 2 heterocycles. The number of aliphatic hydroxyl groups excluding tert-OH is 1. The van der Waals surface area contributed by atoms with Gasteiger partial charge in [-0.25, -0.2) is 4.68 Å². The van der Waals surface area contributed by atoms with Gasteiger partial charge in [-0.05, 0) is 58.3 Å². The topological polar surface area (TPSA) is 53.3 Å². The van der Waals surface area contributed by atoms with Crippen molar-refractivity contribution in [1.82, 2.24) is 20.0 Å². The molecule has 0 saturated carbocycles. The Kier molecular flexibility index (Phi) is 6.24. The Balaban J connectivity index is 1.46. The summed E-state index contributed by atoms with van der Waals surface area (Å²) in [5, 5.41) is 17.8. The van der Waals surface area contributed by atoms with Crippen molar-refractivity contribution >= 4 is 0 Å². The van der Waals surface area contributed by atoms with Gasteiger partial charge in [0.2, 0.25) is 0 Å². The summed E-state index contributed by atoms with van der Waals surface area (Å²) in [5.74, 6) is 0. The van der Waals surface area contributed by atoms with Crippen LogP contribution in [0.4, 0.5) is 0 Å². The van der Waals surface area contributed by atoms with Gasteiger partial charge in [0.1, 0.15) is 0 Å². The number of aryl methyl sites for hydroxylation is 1. The zero-order valence-corrected chi connectivity index (χ0v) is 15.4. The Morgan fingerprint density at radius 3 is 2.60 bits per heavy atom. The molecule has 5 nitrogen and oxygen atoms in total. The van der Waals surface area contributed by atoms with Gasteiger partial charge < -0.3 is 15.3 Å². The third kappa shape index (κ3) is 4.69. The van der Waals surface area contributed by atoms with Gasteiger partial charge in [-0.3, -0.25) is 0 Å². The lowest BCUT2D eigenvalue weighted by atomic mass is 10.1. The quantitative estimate of drug-likeness (QED) is 0.759. The van der Waals surface area contributed by atoms with Crippen molar-refractivity contribution in [2.75, 3.05) is 26.2 Å². The lowest BCUT2D eigenvalue weighted by Crippen LogP contribution is -2.37. The fraction of sp³-hybridized carbons (Fsp3) is 0.550. The molecule has 0 unspecified atom stereocenters. The van der Waals surface area contributed by atoms with Gasteiger partial charge in [0, 0.05) is 30.9 Å². The Labute approximate surface area is 150 Å². The lowest BCUT2D eigenvalue weighted by molar-refractivity contribution is 0.0821. The van der Waals surface area contributed by atoms with E-state index in [1.165, 1.54) is 11.3 Å². The SMILES string of the molecule is Cc1nn(-c2ccccc2)c(C)c1CNCCCN1CCC(O)CC1. The van der Waals surface area contributed by atoms with E-state index < -0.39 is 0 Å². The number of rotatable bonds is 7. The number of aromatic nitrogens is 2. The number of para-hydroxylation sites is 1. The number of nitrogens with one attached hydrogen (secondary N) is 1. The molecule has 1 fully saturated rings. The Morgan fingerprint density at radius 1 is 1.16 bits per heavy atom. The number of hydrogen-bond donors (Lipinski definition) is 2. The molecular weight excluding hydrogens is 312 g/mol. The maximum Gasteiger partial charge on any atom is 0.0648 e. The van der Waals surface area contributed by atoms with Crippen LogP contribution in [0.2, 0.25) is 0 Å². The first kappa shape index (κ1) is 18.1. The highest BCUT2D eigenvalue weighted by atomic mass is 16.3. The minimum atomic E-state index is -0.0820. The zero-order chi connectivity index (χ0) is 17.6. The second-order valence-electron chi connectivity index (χ2n) is 7.00. The minimum absolute atomic E-state index is 0.0820. The molecule has 25 heavy (non-hydrogen) atoms. The van der Waals surface area contributed by atoms with E-state index >= 15 is 0 Å². The van der Waals surface area contributed by atoms with Crippen molar-refractivity contribution in [2.24, 2.45) is 0 Å². The van der Waals surface area contributed by atoms with Gasteiger partial charge in [-0.2, -0.15) is 5.10 Å². The van der Waals surface area contributed by atoms with Crippen molar-refractivity contribution in [1.29, 1.82) is 0 Å². The van der Waals surface area contributed by atoms with Crippen LogP contribution in [0.25, 0.3) is 5.69 Å². The molecule has 3 rings (SSSR count). The van der Waals surface area contributed by atoms with Crippen LogP contribution in [0.15, 0.2) is 30.3 Å². The molecule has 0 amide bonds. The second-order valence-corrected chi connectivity index (χ2v) is 7.00. The molecule has 0 atom stereocenters. The summed E-state index contributed by atoms with van der Waals surface area (Å²) in [7, 11) is 0. The molecular formula is C20H30N4O. The van der Waals surface area contributed by atoms with E-state index in [1.807, 2.05) is 22.9 Å². The highest BCUT2D eigenvalue weighted by Crippen LogP contribution is 2.17. The standard InChI is InChI=1S/C20H30N4O/c1-16-20(17(2)24(22-16)18-7-4-3-5-8-18)15-21-11-6-12-23-13-9-19(25)10-14-23/h3-5,7-8,19,21,25H,6,9-15H2,1-2H3. The number of hydrogen-bond acceptors (Lipinski definition) is 4. The monoisotopic (exact) mass is 342 g/mol. The Bertz CT molecular complexity index is 660. The van der Waals surface area contributed by atoms with E-state index in [-0.39, 0.29) is 6.10 Å². The van der Waals surface area contributed by atoms with E-state index in [4.69, 9.17) is 5.10 Å².